The lowest BCUT2D eigenvalue weighted by Gasteiger charge is -2.41. The van der Waals surface area contributed by atoms with Gasteiger partial charge in [0.2, 0.25) is 11.8 Å². The van der Waals surface area contributed by atoms with Crippen molar-refractivity contribution < 1.29 is 48.2 Å². The summed E-state index contributed by atoms with van der Waals surface area (Å²) in [5.74, 6) is -2.44. The van der Waals surface area contributed by atoms with Crippen LogP contribution in [0.25, 0.3) is 0 Å². The summed E-state index contributed by atoms with van der Waals surface area (Å²) in [6.45, 7) is 4.86. The van der Waals surface area contributed by atoms with Gasteiger partial charge in [0.05, 0.1) is 12.1 Å². The van der Waals surface area contributed by atoms with E-state index in [2.05, 4.69) is 37.2 Å². The van der Waals surface area contributed by atoms with E-state index < -0.39 is 54.1 Å². The smallest absolute Gasteiger partial charge is 0.317 e. The molecule has 426 valence electrons. The first-order valence-electron chi connectivity index (χ1n) is 27.8. The van der Waals surface area contributed by atoms with Crippen LogP contribution in [0.2, 0.25) is 0 Å². The number of unbranched alkanes of at least 4 members (excludes halogenated alkanes) is 1. The molecule has 1 saturated carbocycles. The number of benzene rings is 2. The molecule has 0 heterocycles. The van der Waals surface area contributed by atoms with Gasteiger partial charge in [0.15, 0.2) is 0 Å². The highest BCUT2D eigenvalue weighted by atomic mass is 79.9. The Morgan fingerprint density at radius 3 is 1.84 bits per heavy atom. The number of nitrogens with zero attached hydrogens (tertiary/aromatic N) is 3. The fourth-order valence-electron chi connectivity index (χ4n) is 9.65. The number of halogens is 2. The minimum absolute atomic E-state index is 0.0114. The van der Waals surface area contributed by atoms with Crippen molar-refractivity contribution in [2.24, 2.45) is 23.3 Å². The minimum Gasteiger partial charge on any atom is -0.481 e. The Labute approximate surface area is 458 Å². The number of nitrogens with two attached hydrogens (primary N) is 2. The fourth-order valence-corrected chi connectivity index (χ4v) is 9.91. The molecule has 0 aromatic heterocycles. The van der Waals surface area contributed by atoms with Crippen molar-refractivity contribution >= 4 is 57.8 Å². The molecule has 1 aliphatic carbocycles. The van der Waals surface area contributed by atoms with E-state index in [4.69, 9.17) is 11.5 Å². The first kappa shape index (κ1) is 64.8. The number of nitrogens with one attached hydrogen (secondary N) is 4. The Morgan fingerprint density at radius 2 is 1.21 bits per heavy atom. The number of carbonyl (C=O) groups excluding carboxylic acids is 5. The summed E-state index contributed by atoms with van der Waals surface area (Å²) in [6.07, 6.45) is 11.7. The predicted octanol–water partition coefficient (Wildman–Crippen LogP) is 8.33. The Balaban J connectivity index is 2.14. The number of hydrogen-bond acceptors (Lipinski definition) is 8. The second-order valence-electron chi connectivity index (χ2n) is 20.8. The lowest BCUT2D eigenvalue weighted by molar-refractivity contribution is -0.138. The molecule has 8 amide bonds. The average Bonchev–Trinajstić information content (AvgIpc) is 3.38. The number of amides is 8. The van der Waals surface area contributed by atoms with Gasteiger partial charge < -0.3 is 57.6 Å². The number of carbonyl (C=O) groups is 7. The zero-order chi connectivity index (χ0) is 55.7. The van der Waals surface area contributed by atoms with E-state index in [0.717, 1.165) is 41.3 Å². The number of aryl methyl sites for hydroxylation is 1. The number of rotatable bonds is 38. The summed E-state index contributed by atoms with van der Waals surface area (Å²) in [5.41, 5.74) is 13.5. The Kier molecular flexibility index (Phi) is 31.8. The third kappa shape index (κ3) is 28.0. The normalized spacial score (nSPS) is 13.8. The first-order valence-corrected chi connectivity index (χ1v) is 28.5. The van der Waals surface area contributed by atoms with Crippen LogP contribution in [0.15, 0.2) is 53.0 Å². The van der Waals surface area contributed by atoms with E-state index in [0.29, 0.717) is 64.0 Å². The topological polar surface area (TPSA) is 270 Å². The lowest BCUT2D eigenvalue weighted by Crippen LogP contribution is -2.60. The van der Waals surface area contributed by atoms with Crippen LogP contribution in [-0.2, 0) is 32.0 Å². The third-order valence-corrected chi connectivity index (χ3v) is 14.5. The van der Waals surface area contributed by atoms with E-state index in [1.54, 1.807) is 21.9 Å². The summed E-state index contributed by atoms with van der Waals surface area (Å²) in [7, 11) is 0. The van der Waals surface area contributed by atoms with E-state index in [1.807, 2.05) is 38.1 Å². The molecule has 1 aliphatic rings. The number of primary amides is 1. The monoisotopic (exact) mass is 1130 g/mol. The molecule has 2 aromatic rings. The van der Waals surface area contributed by atoms with Crippen LogP contribution in [0.1, 0.15) is 153 Å². The molecule has 0 radical (unpaired) electrons. The van der Waals surface area contributed by atoms with Gasteiger partial charge in [-0.2, -0.15) is 0 Å². The molecule has 76 heavy (non-hydrogen) atoms. The molecule has 0 saturated heterocycles. The molecule has 2 aromatic carbocycles. The van der Waals surface area contributed by atoms with E-state index in [9.17, 15) is 43.4 Å². The van der Waals surface area contributed by atoms with Crippen LogP contribution in [0.5, 0.6) is 0 Å². The maximum Gasteiger partial charge on any atom is 0.317 e. The van der Waals surface area contributed by atoms with Gasteiger partial charge in [-0.3, -0.25) is 19.2 Å². The Hall–Kier alpha value is -5.50. The summed E-state index contributed by atoms with van der Waals surface area (Å²) in [6, 6.07) is 10.0. The highest BCUT2D eigenvalue weighted by Crippen LogP contribution is 2.27. The van der Waals surface area contributed by atoms with Crippen LogP contribution in [0, 0.1) is 17.7 Å². The predicted molar refractivity (Wildman–Crippen MR) is 297 cm³/mol. The van der Waals surface area contributed by atoms with Crippen molar-refractivity contribution in [1.82, 2.24) is 36.0 Å². The first-order chi connectivity index (χ1) is 36.4. The SMILES string of the molecule is CC(C)CCC(=O)N[C@@H](CCCC(=O)O)CN(C(=O)NCCCC1CCCCC1)[C@@H](CCCCN)CN(C(=O)NCCc1ccc(Br)cc1)[C@@H](CCCC(=O)O)CN(CCC(N)=O)C(=O)NCCCc1ccc(F)cc1. The van der Waals surface area contributed by atoms with Crippen LogP contribution in [0.4, 0.5) is 18.8 Å². The summed E-state index contributed by atoms with van der Waals surface area (Å²) in [5, 5.41) is 31.7. The Bertz CT molecular complexity index is 2050. The second kappa shape index (κ2) is 37.3. The number of carboxylic acid groups (broad SMARTS) is 2. The number of carboxylic acids is 2. The zero-order valence-corrected chi connectivity index (χ0v) is 46.8. The number of hydrogen-bond donors (Lipinski definition) is 8. The summed E-state index contributed by atoms with van der Waals surface area (Å²) in [4.78, 5) is 98.4. The van der Waals surface area contributed by atoms with Crippen LogP contribution in [-0.4, -0.2) is 137 Å². The van der Waals surface area contributed by atoms with Crippen LogP contribution >= 0.6 is 15.9 Å². The zero-order valence-electron chi connectivity index (χ0n) is 45.2. The summed E-state index contributed by atoms with van der Waals surface area (Å²) >= 11 is 3.47. The van der Waals surface area contributed by atoms with E-state index in [1.165, 1.54) is 36.3 Å². The van der Waals surface area contributed by atoms with Crippen LogP contribution < -0.4 is 32.7 Å². The van der Waals surface area contributed by atoms with Gasteiger partial charge >= 0.3 is 30.0 Å². The molecule has 10 N–H and O–H groups in total. The molecule has 3 atom stereocenters. The maximum absolute atomic E-state index is 15.1. The molecule has 0 spiro atoms. The minimum atomic E-state index is -1.05. The van der Waals surface area contributed by atoms with Crippen molar-refractivity contribution in [3.05, 3.63) is 69.9 Å². The largest absolute Gasteiger partial charge is 0.481 e. The molecular formula is C56H89BrFN9O9. The Morgan fingerprint density at radius 1 is 0.645 bits per heavy atom. The maximum atomic E-state index is 15.1. The van der Waals surface area contributed by atoms with Crippen molar-refractivity contribution in [2.75, 3.05) is 52.4 Å². The van der Waals surface area contributed by atoms with Gasteiger partial charge in [0, 0.05) is 82.0 Å². The molecule has 0 unspecified atom stereocenters. The van der Waals surface area contributed by atoms with Crippen LogP contribution in [0.3, 0.4) is 0 Å². The molecule has 0 aliphatic heterocycles. The van der Waals surface area contributed by atoms with Crippen molar-refractivity contribution in [1.29, 1.82) is 0 Å². The second-order valence-corrected chi connectivity index (χ2v) is 21.7. The quantitative estimate of drug-likeness (QED) is 0.0298. The number of urea groups is 3. The highest BCUT2D eigenvalue weighted by Gasteiger charge is 2.35. The number of aliphatic carboxylic acids is 2. The lowest BCUT2D eigenvalue weighted by atomic mass is 9.86. The van der Waals surface area contributed by atoms with Gasteiger partial charge in [-0.05, 0) is 131 Å². The standard InChI is InChI=1S/C56H89BrFN9O9/c1-41(2)21-30-51(69)64-47(16-8-19-52(70)71)38-66(55(75)62-35-10-14-42-12-4-3-5-13-42)49(17-6-7-33-59)40-67(56(76)63-36-31-44-22-26-45(57)27-23-44)48(18-9-20-53(72)73)39-65(37-32-50(60)68)54(74)61-34-11-15-43-24-28-46(58)29-25-43/h22-29,41-42,47-49H,3-21,30-40,59H2,1-2H3,(H2,60,68)(H,61,74)(H,62,75)(H,63,76)(H,64,69)(H,70,71)(H,72,73)/t47-,48-,49-/m0/s1. The fraction of sp³-hybridized carbons (Fsp3) is 0.661. The van der Waals surface area contributed by atoms with Crippen molar-refractivity contribution in [2.45, 2.75) is 173 Å². The highest BCUT2D eigenvalue weighted by molar-refractivity contribution is 9.10. The molecule has 1 fully saturated rings. The van der Waals surface area contributed by atoms with Gasteiger partial charge in [-0.25, -0.2) is 18.8 Å². The van der Waals surface area contributed by atoms with Crippen molar-refractivity contribution in [3.63, 3.8) is 0 Å². The van der Waals surface area contributed by atoms with Crippen molar-refractivity contribution in [3.8, 4) is 0 Å². The molecule has 18 nitrogen and oxygen atoms in total. The molecule has 0 bridgehead atoms. The van der Waals surface area contributed by atoms with Gasteiger partial charge in [-0.15, -0.1) is 0 Å². The molecule has 20 heteroatoms. The molecule has 3 rings (SSSR count). The third-order valence-electron chi connectivity index (χ3n) is 14.0. The van der Waals surface area contributed by atoms with Gasteiger partial charge in [0.25, 0.3) is 0 Å². The molecular weight excluding hydrogens is 1040 g/mol. The van der Waals surface area contributed by atoms with Gasteiger partial charge in [-0.1, -0.05) is 92.6 Å². The van der Waals surface area contributed by atoms with E-state index in [-0.39, 0.29) is 108 Å². The van der Waals surface area contributed by atoms with E-state index >= 15 is 4.79 Å². The average molecular weight is 1130 g/mol. The van der Waals surface area contributed by atoms with Gasteiger partial charge in [0.1, 0.15) is 5.82 Å². The summed E-state index contributed by atoms with van der Waals surface area (Å²) < 4.78 is 14.5.